The summed E-state index contributed by atoms with van der Waals surface area (Å²) in [4.78, 5) is 15.2. The fraction of sp³-hybridized carbons (Fsp3) is 0.353. The molecule has 3 rings (SSSR count). The maximum atomic E-state index is 12.5. The largest absolute Gasteiger partial charge is 0.488 e. The van der Waals surface area contributed by atoms with E-state index in [1.807, 2.05) is 49.3 Å². The van der Waals surface area contributed by atoms with Crippen LogP contribution in [0.3, 0.4) is 0 Å². The van der Waals surface area contributed by atoms with Crippen LogP contribution >= 0.6 is 43.2 Å². The molecule has 0 saturated heterocycles. The number of para-hydroxylation sites is 2. The van der Waals surface area contributed by atoms with Crippen LogP contribution in [0.15, 0.2) is 38.6 Å². The van der Waals surface area contributed by atoms with Crippen molar-refractivity contribution in [2.75, 3.05) is 33.9 Å². The molecule has 1 amide bonds. The van der Waals surface area contributed by atoms with Gasteiger partial charge in [0.05, 0.1) is 8.66 Å². The SMILES string of the molecule is CN(C)C1(CNC(=O)c2cc(Br)c(Br)s2)COc2ccccc2OC1. The molecule has 0 saturated carbocycles. The third-order valence-corrected chi connectivity index (χ3v) is 7.49. The number of halogens is 2. The van der Waals surface area contributed by atoms with Gasteiger partial charge in [0.15, 0.2) is 11.5 Å². The van der Waals surface area contributed by atoms with Gasteiger partial charge in [0, 0.05) is 11.0 Å². The summed E-state index contributed by atoms with van der Waals surface area (Å²) >= 11 is 8.22. The fourth-order valence-corrected chi connectivity index (χ4v) is 4.42. The average Bonchev–Trinajstić information content (AvgIpc) is 2.82. The number of nitrogens with zero attached hydrogens (tertiary/aromatic N) is 1. The molecule has 1 N–H and O–H groups in total. The second-order valence-electron chi connectivity index (χ2n) is 6.06. The van der Waals surface area contributed by atoms with E-state index < -0.39 is 5.54 Å². The molecule has 0 fully saturated rings. The van der Waals surface area contributed by atoms with Crippen LogP contribution in [0.4, 0.5) is 0 Å². The van der Waals surface area contributed by atoms with Gasteiger partial charge in [0.25, 0.3) is 5.91 Å². The molecule has 1 aromatic carbocycles. The summed E-state index contributed by atoms with van der Waals surface area (Å²) in [6, 6.07) is 9.42. The first-order valence-corrected chi connectivity index (χ1v) is 10.1. The predicted molar refractivity (Wildman–Crippen MR) is 106 cm³/mol. The Balaban J connectivity index is 1.72. The van der Waals surface area contributed by atoms with Gasteiger partial charge in [-0.15, -0.1) is 11.3 Å². The Labute approximate surface area is 167 Å². The molecule has 0 spiro atoms. The first-order valence-electron chi connectivity index (χ1n) is 7.66. The van der Waals surface area contributed by atoms with Crippen molar-refractivity contribution >= 4 is 49.1 Å². The van der Waals surface area contributed by atoms with Crippen LogP contribution < -0.4 is 14.8 Å². The van der Waals surface area contributed by atoms with E-state index in [0.717, 1.165) is 19.8 Å². The van der Waals surface area contributed by atoms with E-state index in [4.69, 9.17) is 9.47 Å². The van der Waals surface area contributed by atoms with E-state index in [2.05, 4.69) is 37.2 Å². The lowest BCUT2D eigenvalue weighted by Crippen LogP contribution is -2.59. The lowest BCUT2D eigenvalue weighted by Gasteiger charge is -2.37. The summed E-state index contributed by atoms with van der Waals surface area (Å²) in [5.74, 6) is 1.34. The number of rotatable bonds is 4. The quantitative estimate of drug-likeness (QED) is 0.710. The standard InChI is InChI=1S/C17H18Br2N2O3S/c1-21(2)17(8-20-16(22)14-7-11(18)15(19)25-14)9-23-12-5-3-4-6-13(12)24-10-17/h3-7H,8-10H2,1-2H3,(H,20,22). The molecule has 0 unspecified atom stereocenters. The molecule has 1 aliphatic rings. The van der Waals surface area contributed by atoms with Crippen molar-refractivity contribution in [3.05, 3.63) is 43.5 Å². The molecule has 2 heterocycles. The van der Waals surface area contributed by atoms with E-state index in [-0.39, 0.29) is 5.91 Å². The minimum atomic E-state index is -0.458. The summed E-state index contributed by atoms with van der Waals surface area (Å²) < 4.78 is 13.7. The van der Waals surface area contributed by atoms with E-state index in [0.29, 0.717) is 24.6 Å². The molecule has 0 bridgehead atoms. The zero-order valence-corrected chi connectivity index (χ0v) is 17.8. The van der Waals surface area contributed by atoms with Crippen LogP contribution in [-0.4, -0.2) is 50.2 Å². The predicted octanol–water partition coefficient (Wildman–Crippen LogP) is 3.77. The molecule has 5 nitrogen and oxygen atoms in total. The second kappa shape index (κ2) is 7.65. The van der Waals surface area contributed by atoms with Gasteiger partial charge >= 0.3 is 0 Å². The molecule has 25 heavy (non-hydrogen) atoms. The number of likely N-dealkylation sites (N-methyl/N-ethyl adjacent to an activating group) is 1. The number of hydrogen-bond acceptors (Lipinski definition) is 5. The highest BCUT2D eigenvalue weighted by Gasteiger charge is 2.38. The number of carbonyl (C=O) groups is 1. The van der Waals surface area contributed by atoms with E-state index >= 15 is 0 Å². The molecular formula is C17H18Br2N2O3S. The number of thiophene rings is 1. The number of carbonyl (C=O) groups excluding carboxylic acids is 1. The van der Waals surface area contributed by atoms with Crippen molar-refractivity contribution in [2.45, 2.75) is 5.54 Å². The summed E-state index contributed by atoms with van der Waals surface area (Å²) in [6.07, 6.45) is 0. The van der Waals surface area contributed by atoms with Crippen molar-refractivity contribution in [2.24, 2.45) is 0 Å². The van der Waals surface area contributed by atoms with Gasteiger partial charge < -0.3 is 14.8 Å². The summed E-state index contributed by atoms with van der Waals surface area (Å²) in [5.41, 5.74) is -0.458. The third kappa shape index (κ3) is 4.02. The molecule has 134 valence electrons. The van der Waals surface area contributed by atoms with Crippen molar-refractivity contribution in [3.8, 4) is 11.5 Å². The first kappa shape index (κ1) is 18.7. The normalized spacial score (nSPS) is 15.7. The van der Waals surface area contributed by atoms with Crippen molar-refractivity contribution < 1.29 is 14.3 Å². The zero-order valence-electron chi connectivity index (χ0n) is 13.8. The highest BCUT2D eigenvalue weighted by molar-refractivity contribution is 9.13. The smallest absolute Gasteiger partial charge is 0.261 e. The van der Waals surface area contributed by atoms with Crippen molar-refractivity contribution in [1.29, 1.82) is 0 Å². The summed E-state index contributed by atoms with van der Waals surface area (Å²) in [6.45, 7) is 1.27. The second-order valence-corrected chi connectivity index (χ2v) is 9.28. The van der Waals surface area contributed by atoms with E-state index in [1.165, 1.54) is 11.3 Å². The molecule has 0 aliphatic carbocycles. The molecule has 1 aromatic heterocycles. The maximum Gasteiger partial charge on any atom is 0.261 e. The minimum Gasteiger partial charge on any atom is -0.488 e. The van der Waals surface area contributed by atoms with Gasteiger partial charge in [0.2, 0.25) is 0 Å². The third-order valence-electron chi connectivity index (χ3n) is 4.24. The highest BCUT2D eigenvalue weighted by atomic mass is 79.9. The lowest BCUT2D eigenvalue weighted by molar-refractivity contribution is 0.0491. The molecule has 8 heteroatoms. The van der Waals surface area contributed by atoms with Crippen LogP contribution in [0.5, 0.6) is 11.5 Å². The lowest BCUT2D eigenvalue weighted by atomic mass is 10.0. The number of amides is 1. The van der Waals surface area contributed by atoms with E-state index in [1.54, 1.807) is 0 Å². The number of nitrogens with one attached hydrogen (secondary N) is 1. The van der Waals surface area contributed by atoms with Crippen molar-refractivity contribution in [3.63, 3.8) is 0 Å². The Morgan fingerprint density at radius 2 is 1.84 bits per heavy atom. The number of fused-ring (bicyclic) bond motifs is 1. The molecule has 0 radical (unpaired) electrons. The molecule has 2 aromatic rings. The summed E-state index contributed by atoms with van der Waals surface area (Å²) in [7, 11) is 3.93. The Morgan fingerprint density at radius 3 is 2.32 bits per heavy atom. The topological polar surface area (TPSA) is 50.8 Å². The number of hydrogen-bond donors (Lipinski definition) is 1. The highest BCUT2D eigenvalue weighted by Crippen LogP contribution is 2.33. The fourth-order valence-electron chi connectivity index (χ4n) is 2.46. The Morgan fingerprint density at radius 1 is 1.24 bits per heavy atom. The Hall–Kier alpha value is -1.09. The Kier molecular flexibility index (Phi) is 5.72. The first-order chi connectivity index (χ1) is 11.9. The van der Waals surface area contributed by atoms with Crippen LogP contribution in [0.2, 0.25) is 0 Å². The van der Waals surface area contributed by atoms with E-state index in [9.17, 15) is 4.79 Å². The van der Waals surface area contributed by atoms with Crippen LogP contribution in [0.1, 0.15) is 9.67 Å². The average molecular weight is 490 g/mol. The number of benzene rings is 1. The molecule has 0 atom stereocenters. The summed E-state index contributed by atoms with van der Waals surface area (Å²) in [5, 5.41) is 3.01. The molecular weight excluding hydrogens is 472 g/mol. The van der Waals surface area contributed by atoms with Crippen molar-refractivity contribution in [1.82, 2.24) is 10.2 Å². The monoisotopic (exact) mass is 488 g/mol. The van der Waals surface area contributed by atoms with Gasteiger partial charge in [-0.2, -0.15) is 0 Å². The number of ether oxygens (including phenoxy) is 2. The van der Waals surface area contributed by atoms with Gasteiger partial charge in [-0.1, -0.05) is 12.1 Å². The molecule has 1 aliphatic heterocycles. The minimum absolute atomic E-state index is 0.112. The Bertz CT molecular complexity index is 733. The van der Waals surface area contributed by atoms with Gasteiger partial charge in [-0.3, -0.25) is 9.69 Å². The van der Waals surface area contributed by atoms with Crippen LogP contribution in [0, 0.1) is 0 Å². The van der Waals surface area contributed by atoms with Gasteiger partial charge in [-0.05, 0) is 64.2 Å². The van der Waals surface area contributed by atoms with Crippen LogP contribution in [0.25, 0.3) is 0 Å². The zero-order chi connectivity index (χ0) is 18.0. The van der Waals surface area contributed by atoms with Crippen LogP contribution in [-0.2, 0) is 0 Å². The van der Waals surface area contributed by atoms with Gasteiger partial charge in [0.1, 0.15) is 18.8 Å². The maximum absolute atomic E-state index is 12.5. The van der Waals surface area contributed by atoms with Gasteiger partial charge in [-0.25, -0.2) is 0 Å².